The van der Waals surface area contributed by atoms with E-state index >= 15 is 0 Å². The van der Waals surface area contributed by atoms with Crippen molar-refractivity contribution in [3.63, 3.8) is 0 Å². The summed E-state index contributed by atoms with van der Waals surface area (Å²) in [6.45, 7) is 15.1. The molecule has 4 aliphatic rings. The second-order valence-electron chi connectivity index (χ2n) is 12.7. The average molecular weight is 563 g/mol. The van der Waals surface area contributed by atoms with Crippen molar-refractivity contribution in [2.45, 2.75) is 63.9 Å². The lowest BCUT2D eigenvalue weighted by Crippen LogP contribution is -2.45. The van der Waals surface area contributed by atoms with Gasteiger partial charge in [-0.2, -0.15) is 16.8 Å². The van der Waals surface area contributed by atoms with Gasteiger partial charge in [-0.05, 0) is 70.6 Å². The number of carbonyl (C=O) groups is 2. The Bertz CT molecular complexity index is 1400. The maximum Gasteiger partial charge on any atom is 0.273 e. The molecule has 6 atom stereocenters. The number of hydrogen-bond acceptors (Lipinski definition) is 6. The first-order chi connectivity index (χ1) is 17.3. The van der Waals surface area contributed by atoms with Gasteiger partial charge in [-0.1, -0.05) is 65.1 Å². The average Bonchev–Trinajstić information content (AvgIpc) is 3.29. The Balaban J connectivity index is 1.66. The number of rotatable bonds is 6. The van der Waals surface area contributed by atoms with E-state index in [1.807, 2.05) is 27.7 Å². The van der Waals surface area contributed by atoms with Gasteiger partial charge in [0.05, 0.1) is 10.8 Å². The third-order valence-electron chi connectivity index (χ3n) is 11.0. The van der Waals surface area contributed by atoms with Gasteiger partial charge in [0.15, 0.2) is 11.6 Å². The van der Waals surface area contributed by atoms with Gasteiger partial charge in [-0.25, -0.2) is 0 Å². The van der Waals surface area contributed by atoms with E-state index in [2.05, 4.69) is 13.2 Å². The third kappa shape index (κ3) is 3.03. The quantitative estimate of drug-likeness (QED) is 0.376. The summed E-state index contributed by atoms with van der Waals surface area (Å²) in [5.74, 6) is -1.18. The van der Waals surface area contributed by atoms with Crippen LogP contribution in [0, 0.1) is 33.5 Å². The Hall–Kier alpha value is -2.14. The molecule has 0 spiro atoms. The molecule has 0 amide bonds. The fourth-order valence-electron chi connectivity index (χ4n) is 9.10. The second kappa shape index (κ2) is 7.74. The van der Waals surface area contributed by atoms with Crippen LogP contribution in [0.25, 0.3) is 0 Å². The highest BCUT2D eigenvalue weighted by Gasteiger charge is 2.73. The summed E-state index contributed by atoms with van der Waals surface area (Å²) in [5, 5.41) is -3.17. The molecule has 0 heterocycles. The minimum atomic E-state index is -4.79. The van der Waals surface area contributed by atoms with E-state index < -0.39 is 52.4 Å². The Kier molecular flexibility index (Phi) is 5.59. The molecule has 6 unspecified atom stereocenters. The first kappa shape index (κ1) is 27.4. The number of Topliss-reactive ketones (excluding diaryl/α,β-unsaturated/α-hetero) is 2. The zero-order chi connectivity index (χ0) is 28.4. The van der Waals surface area contributed by atoms with Gasteiger partial charge in [0.25, 0.3) is 20.2 Å². The number of fused-ring (bicyclic) bond motifs is 4. The van der Waals surface area contributed by atoms with E-state index in [9.17, 15) is 35.5 Å². The van der Waals surface area contributed by atoms with Crippen molar-refractivity contribution in [3.05, 3.63) is 59.7 Å². The molecule has 1 aromatic rings. The topological polar surface area (TPSA) is 143 Å². The van der Waals surface area contributed by atoms with Gasteiger partial charge < -0.3 is 0 Å². The Morgan fingerprint density at radius 3 is 1.21 bits per heavy atom. The molecule has 206 valence electrons. The molecule has 0 saturated heterocycles. The predicted octanol–water partition coefficient (Wildman–Crippen LogP) is 4.67. The number of carbonyl (C=O) groups excluding carboxylic acids is 2. The zero-order valence-electron chi connectivity index (χ0n) is 22.0. The molecule has 0 radical (unpaired) electrons. The van der Waals surface area contributed by atoms with Crippen LogP contribution in [0.2, 0.25) is 0 Å². The van der Waals surface area contributed by atoms with Crippen molar-refractivity contribution in [1.82, 2.24) is 0 Å². The normalized spacial score (nSPS) is 35.2. The minimum absolute atomic E-state index is 0.130. The summed E-state index contributed by atoms with van der Waals surface area (Å²) in [7, 11) is -9.58. The van der Waals surface area contributed by atoms with Crippen LogP contribution in [-0.2, 0) is 29.8 Å². The molecule has 1 aromatic carbocycles. The predicted molar refractivity (Wildman–Crippen MR) is 141 cm³/mol. The van der Waals surface area contributed by atoms with Crippen LogP contribution in [0.1, 0.15) is 75.0 Å². The maximum absolute atomic E-state index is 13.4. The summed E-state index contributed by atoms with van der Waals surface area (Å²) in [4.78, 5) is 26.9. The monoisotopic (exact) mass is 562 g/mol. The van der Waals surface area contributed by atoms with Crippen molar-refractivity contribution >= 4 is 31.8 Å². The van der Waals surface area contributed by atoms with Gasteiger partial charge >= 0.3 is 0 Å². The van der Waals surface area contributed by atoms with E-state index in [0.717, 1.165) is 0 Å². The SMILES string of the molecule is C=C1C(=O)C2(C(c3ccc(C(C45CCC(C(=C)C4=O)C5(C)C)S(=O)(=O)O)cc3)S(=O)(=O)O)CCC1C2(C)C. The molecule has 2 N–H and O–H groups in total. The van der Waals surface area contributed by atoms with E-state index in [1.54, 1.807) is 0 Å². The van der Waals surface area contributed by atoms with Crippen LogP contribution >= 0.6 is 0 Å². The lowest BCUT2D eigenvalue weighted by molar-refractivity contribution is -0.127. The number of allylic oxidation sites excluding steroid dienone is 2. The molecule has 38 heavy (non-hydrogen) atoms. The molecular formula is C28H34O8S2. The Morgan fingerprint density at radius 1 is 0.711 bits per heavy atom. The van der Waals surface area contributed by atoms with E-state index in [4.69, 9.17) is 0 Å². The minimum Gasteiger partial charge on any atom is -0.294 e. The van der Waals surface area contributed by atoms with Gasteiger partial charge in [-0.3, -0.25) is 18.7 Å². The van der Waals surface area contributed by atoms with Gasteiger partial charge in [0.1, 0.15) is 10.5 Å². The summed E-state index contributed by atoms with van der Waals surface area (Å²) in [6, 6.07) is 5.51. The highest BCUT2D eigenvalue weighted by molar-refractivity contribution is 7.86. The van der Waals surface area contributed by atoms with Gasteiger partial charge in [-0.15, -0.1) is 0 Å². The van der Waals surface area contributed by atoms with Crippen LogP contribution in [0.15, 0.2) is 48.6 Å². The summed E-state index contributed by atoms with van der Waals surface area (Å²) < 4.78 is 72.4. The van der Waals surface area contributed by atoms with E-state index in [1.165, 1.54) is 24.3 Å². The molecule has 0 aromatic heterocycles. The second-order valence-corrected chi connectivity index (χ2v) is 15.7. The van der Waals surface area contributed by atoms with Crippen molar-refractivity contribution in [3.8, 4) is 0 Å². The Morgan fingerprint density at radius 2 is 1.00 bits per heavy atom. The first-order valence-corrected chi connectivity index (χ1v) is 15.8. The highest BCUT2D eigenvalue weighted by atomic mass is 32.2. The summed E-state index contributed by atoms with van der Waals surface area (Å²) in [5.41, 5.74) is -3.44. The molecule has 5 rings (SSSR count). The van der Waals surface area contributed by atoms with E-state index in [0.29, 0.717) is 24.0 Å². The van der Waals surface area contributed by atoms with Crippen LogP contribution in [-0.4, -0.2) is 37.5 Å². The lowest BCUT2D eigenvalue weighted by atomic mass is 9.64. The molecule has 4 fully saturated rings. The summed E-state index contributed by atoms with van der Waals surface area (Å²) >= 11 is 0. The molecule has 10 heteroatoms. The molecule has 4 aliphatic carbocycles. The summed E-state index contributed by atoms with van der Waals surface area (Å²) in [6.07, 6.45) is 1.66. The van der Waals surface area contributed by atoms with Crippen LogP contribution in [0.3, 0.4) is 0 Å². The van der Waals surface area contributed by atoms with Crippen LogP contribution in [0.5, 0.6) is 0 Å². The molecule has 0 aliphatic heterocycles. The maximum atomic E-state index is 13.4. The smallest absolute Gasteiger partial charge is 0.273 e. The van der Waals surface area contributed by atoms with Gasteiger partial charge in [0, 0.05) is 0 Å². The molecular weight excluding hydrogens is 528 g/mol. The zero-order valence-corrected chi connectivity index (χ0v) is 23.7. The third-order valence-corrected chi connectivity index (χ3v) is 13.5. The Labute approximate surface area is 224 Å². The van der Waals surface area contributed by atoms with Crippen LogP contribution < -0.4 is 0 Å². The number of hydrogen-bond donors (Lipinski definition) is 2. The van der Waals surface area contributed by atoms with Crippen molar-refractivity contribution in [1.29, 1.82) is 0 Å². The standard InChI is InChI=1S/C28H34O8S2/c1-15-19-11-13-27(21(15)29,25(19,3)4)23(37(31,32)33)17-7-9-18(10-8-17)24(38(34,35)36)28-14-12-20(26(28,5)6)16(2)22(28)30/h7-10,19-20,23-24H,1-2,11-14H2,3-6H3,(H,31,32,33)(H,34,35,36). The largest absolute Gasteiger partial charge is 0.294 e. The van der Waals surface area contributed by atoms with Crippen molar-refractivity contribution in [2.75, 3.05) is 0 Å². The fraction of sp³-hybridized carbons (Fsp3) is 0.571. The fourth-order valence-corrected chi connectivity index (χ4v) is 12.2. The van der Waals surface area contributed by atoms with Crippen molar-refractivity contribution < 1.29 is 35.5 Å². The van der Waals surface area contributed by atoms with Crippen LogP contribution in [0.4, 0.5) is 0 Å². The highest BCUT2D eigenvalue weighted by Crippen LogP contribution is 2.72. The van der Waals surface area contributed by atoms with Crippen molar-refractivity contribution in [2.24, 2.45) is 33.5 Å². The van der Waals surface area contributed by atoms with Gasteiger partial charge in [0.2, 0.25) is 0 Å². The first-order valence-electron chi connectivity index (χ1n) is 12.8. The number of benzene rings is 1. The lowest BCUT2D eigenvalue weighted by Gasteiger charge is -2.42. The molecule has 4 bridgehead atoms. The van der Waals surface area contributed by atoms with E-state index in [-0.39, 0.29) is 47.4 Å². The number of ketones is 2. The molecule has 8 nitrogen and oxygen atoms in total. The molecule has 4 saturated carbocycles.